The lowest BCUT2D eigenvalue weighted by molar-refractivity contribution is -0.135. The number of nitrogens with one attached hydrogen (secondary N) is 2. The minimum Gasteiger partial charge on any atom is -0.379 e. The van der Waals surface area contributed by atoms with Gasteiger partial charge in [0.2, 0.25) is 0 Å². The van der Waals surface area contributed by atoms with E-state index in [1.165, 1.54) is 11.3 Å². The van der Waals surface area contributed by atoms with Gasteiger partial charge in [-0.2, -0.15) is 0 Å². The Labute approximate surface area is 191 Å². The minimum absolute atomic E-state index is 0.0610. The second-order valence-corrected chi connectivity index (χ2v) is 9.17. The maximum atomic E-state index is 13.4. The van der Waals surface area contributed by atoms with E-state index in [1.807, 2.05) is 22.4 Å². The summed E-state index contributed by atoms with van der Waals surface area (Å²) in [6.45, 7) is 4.89. The normalized spacial score (nSPS) is 19.1. The van der Waals surface area contributed by atoms with Gasteiger partial charge >= 0.3 is 6.03 Å². The van der Waals surface area contributed by atoms with Crippen molar-refractivity contribution in [2.24, 2.45) is 0 Å². The van der Waals surface area contributed by atoms with Crippen molar-refractivity contribution in [3.63, 3.8) is 0 Å². The van der Waals surface area contributed by atoms with E-state index in [2.05, 4.69) is 15.5 Å². The molecule has 2 aliphatic rings. The molecule has 0 aliphatic carbocycles. The molecular weight excluding hydrogens is 436 g/mol. The van der Waals surface area contributed by atoms with Gasteiger partial charge in [0.15, 0.2) is 0 Å². The van der Waals surface area contributed by atoms with Crippen LogP contribution < -0.4 is 10.6 Å². The Hall–Kier alpha value is -2.13. The van der Waals surface area contributed by atoms with Gasteiger partial charge in [-0.3, -0.25) is 9.69 Å². The van der Waals surface area contributed by atoms with Crippen LogP contribution in [0.1, 0.15) is 23.8 Å². The van der Waals surface area contributed by atoms with E-state index in [1.54, 1.807) is 24.3 Å². The lowest BCUT2D eigenvalue weighted by Crippen LogP contribution is -2.52. The third kappa shape index (κ3) is 5.77. The van der Waals surface area contributed by atoms with Crippen molar-refractivity contribution in [3.8, 4) is 0 Å². The number of benzene rings is 1. The number of nitrogens with zero attached hydrogens (tertiary/aromatic N) is 2. The summed E-state index contributed by atoms with van der Waals surface area (Å²) in [5, 5.41) is 8.15. The van der Waals surface area contributed by atoms with Crippen LogP contribution in [0.4, 0.5) is 10.5 Å². The van der Waals surface area contributed by atoms with Gasteiger partial charge in [-0.1, -0.05) is 17.7 Å². The molecule has 2 fully saturated rings. The van der Waals surface area contributed by atoms with Crippen LogP contribution in [-0.4, -0.2) is 67.2 Å². The molecule has 1 atom stereocenters. The molecule has 0 saturated carbocycles. The topological polar surface area (TPSA) is 73.9 Å². The minimum atomic E-state index is -0.702. The Morgan fingerprint density at radius 2 is 1.77 bits per heavy atom. The summed E-state index contributed by atoms with van der Waals surface area (Å²) >= 11 is 7.37. The average molecular weight is 463 g/mol. The third-order valence-corrected chi connectivity index (χ3v) is 6.98. The first-order valence-corrected chi connectivity index (χ1v) is 11.8. The van der Waals surface area contributed by atoms with Crippen LogP contribution in [-0.2, 0) is 9.53 Å². The summed E-state index contributed by atoms with van der Waals surface area (Å²) < 4.78 is 5.45. The molecule has 3 heterocycles. The number of morpholine rings is 1. The molecule has 9 heteroatoms. The second-order valence-electron chi connectivity index (χ2n) is 7.76. The Kier molecular flexibility index (Phi) is 7.45. The summed E-state index contributed by atoms with van der Waals surface area (Å²) in [4.78, 5) is 31.1. The van der Waals surface area contributed by atoms with Crippen molar-refractivity contribution in [3.05, 3.63) is 51.7 Å². The number of anilines is 1. The van der Waals surface area contributed by atoms with Crippen LogP contribution in [0.25, 0.3) is 0 Å². The number of piperidine rings is 1. The zero-order valence-corrected chi connectivity index (χ0v) is 18.8. The molecule has 7 nitrogen and oxygen atoms in total. The maximum Gasteiger partial charge on any atom is 0.320 e. The highest BCUT2D eigenvalue weighted by Crippen LogP contribution is 2.25. The van der Waals surface area contributed by atoms with Crippen LogP contribution in [0, 0.1) is 0 Å². The number of ether oxygens (including phenoxy) is 1. The predicted octanol–water partition coefficient (Wildman–Crippen LogP) is 3.59. The van der Waals surface area contributed by atoms with Crippen molar-refractivity contribution in [1.82, 2.24) is 15.1 Å². The smallest absolute Gasteiger partial charge is 0.320 e. The molecule has 3 amide bonds. The zero-order valence-electron chi connectivity index (χ0n) is 17.3. The summed E-state index contributed by atoms with van der Waals surface area (Å²) in [7, 11) is 0. The van der Waals surface area contributed by atoms with Gasteiger partial charge in [0, 0.05) is 47.8 Å². The number of halogens is 1. The molecule has 31 heavy (non-hydrogen) atoms. The van der Waals surface area contributed by atoms with Crippen LogP contribution >= 0.6 is 22.9 Å². The van der Waals surface area contributed by atoms with Gasteiger partial charge in [0.25, 0.3) is 5.91 Å². The molecule has 2 aliphatic heterocycles. The van der Waals surface area contributed by atoms with Crippen molar-refractivity contribution in [2.75, 3.05) is 44.7 Å². The molecule has 0 bridgehead atoms. The first kappa shape index (κ1) is 22.1. The van der Waals surface area contributed by atoms with E-state index in [9.17, 15) is 9.59 Å². The number of carbonyl (C=O) groups excluding carboxylic acids is 2. The predicted molar refractivity (Wildman–Crippen MR) is 123 cm³/mol. The lowest BCUT2D eigenvalue weighted by Gasteiger charge is -2.40. The molecular formula is C22H27ClN4O3S. The van der Waals surface area contributed by atoms with Crippen LogP contribution in [0.3, 0.4) is 0 Å². The third-order valence-electron chi connectivity index (χ3n) is 5.79. The van der Waals surface area contributed by atoms with E-state index in [0.29, 0.717) is 29.8 Å². The van der Waals surface area contributed by atoms with Crippen molar-refractivity contribution < 1.29 is 14.3 Å². The van der Waals surface area contributed by atoms with Crippen molar-refractivity contribution >= 4 is 40.6 Å². The molecule has 0 radical (unpaired) electrons. The van der Waals surface area contributed by atoms with E-state index in [-0.39, 0.29) is 5.91 Å². The summed E-state index contributed by atoms with van der Waals surface area (Å²) in [5.74, 6) is -0.0610. The first-order valence-electron chi connectivity index (χ1n) is 10.6. The molecule has 4 rings (SSSR count). The highest BCUT2D eigenvalue weighted by atomic mass is 35.5. The number of rotatable bonds is 5. The number of hydrogen-bond donors (Lipinski definition) is 2. The van der Waals surface area contributed by atoms with Gasteiger partial charge in [-0.25, -0.2) is 4.79 Å². The molecule has 166 valence electrons. The van der Waals surface area contributed by atoms with Crippen LogP contribution in [0.2, 0.25) is 5.02 Å². The van der Waals surface area contributed by atoms with E-state index >= 15 is 0 Å². The van der Waals surface area contributed by atoms with Crippen molar-refractivity contribution in [2.45, 2.75) is 24.9 Å². The number of hydrogen-bond acceptors (Lipinski definition) is 5. The fourth-order valence-corrected chi connectivity index (χ4v) is 5.01. The van der Waals surface area contributed by atoms with Crippen LogP contribution in [0.5, 0.6) is 0 Å². The molecule has 2 saturated heterocycles. The van der Waals surface area contributed by atoms with E-state index in [4.69, 9.17) is 16.3 Å². The Morgan fingerprint density at radius 1 is 1.06 bits per heavy atom. The van der Waals surface area contributed by atoms with Crippen LogP contribution in [0.15, 0.2) is 41.8 Å². The number of carbonyl (C=O) groups is 2. The summed E-state index contributed by atoms with van der Waals surface area (Å²) in [5.41, 5.74) is 0.616. The maximum absolute atomic E-state index is 13.4. The lowest BCUT2D eigenvalue weighted by atomic mass is 10.0. The fraction of sp³-hybridized carbons (Fsp3) is 0.455. The molecule has 2 N–H and O–H groups in total. The molecule has 0 unspecified atom stereocenters. The molecule has 1 aromatic carbocycles. The zero-order chi connectivity index (χ0) is 21.6. The highest BCUT2D eigenvalue weighted by Gasteiger charge is 2.33. The SMILES string of the molecule is O=C(Nc1ccc(Cl)cc1)N[C@@H](C(=O)N1CCC(N2CCOCC2)CC1)c1cccs1. The standard InChI is InChI=1S/C22H27ClN4O3S/c23-16-3-5-17(6-4-16)24-22(29)25-20(19-2-1-15-31-19)21(28)27-9-7-18(8-10-27)26-11-13-30-14-12-26/h1-6,15,18,20H,7-14H2,(H2,24,25,29)/t20-/m1/s1. The summed E-state index contributed by atoms with van der Waals surface area (Å²) in [6, 6.07) is 10.0. The molecule has 2 aromatic rings. The largest absolute Gasteiger partial charge is 0.379 e. The average Bonchev–Trinajstić information content (AvgIpc) is 3.34. The number of thiophene rings is 1. The first-order chi connectivity index (χ1) is 15.1. The Bertz CT molecular complexity index is 863. The molecule has 0 spiro atoms. The van der Waals surface area contributed by atoms with Gasteiger partial charge in [-0.05, 0) is 48.6 Å². The van der Waals surface area contributed by atoms with Gasteiger partial charge < -0.3 is 20.3 Å². The Balaban J connectivity index is 1.37. The number of likely N-dealkylation sites (tertiary alicyclic amines) is 1. The van der Waals surface area contributed by atoms with E-state index < -0.39 is 12.1 Å². The quantitative estimate of drug-likeness (QED) is 0.712. The van der Waals surface area contributed by atoms with Gasteiger partial charge in [0.05, 0.1) is 13.2 Å². The summed E-state index contributed by atoms with van der Waals surface area (Å²) in [6.07, 6.45) is 1.89. The highest BCUT2D eigenvalue weighted by molar-refractivity contribution is 7.10. The molecule has 1 aromatic heterocycles. The number of amides is 3. The van der Waals surface area contributed by atoms with Crippen molar-refractivity contribution in [1.29, 1.82) is 0 Å². The fourth-order valence-electron chi connectivity index (χ4n) is 4.12. The van der Waals surface area contributed by atoms with E-state index in [0.717, 1.165) is 44.0 Å². The Morgan fingerprint density at radius 3 is 2.42 bits per heavy atom. The van der Waals surface area contributed by atoms with Gasteiger partial charge in [-0.15, -0.1) is 11.3 Å². The van der Waals surface area contributed by atoms with Gasteiger partial charge in [0.1, 0.15) is 6.04 Å². The monoisotopic (exact) mass is 462 g/mol. The second kappa shape index (κ2) is 10.5. The number of urea groups is 1.